The van der Waals surface area contributed by atoms with Crippen molar-refractivity contribution in [2.75, 3.05) is 25.2 Å². The van der Waals surface area contributed by atoms with E-state index in [4.69, 9.17) is 14.2 Å². The van der Waals surface area contributed by atoms with Crippen molar-refractivity contribution in [2.45, 2.75) is 82.6 Å². The lowest BCUT2D eigenvalue weighted by Gasteiger charge is -2.37. The zero-order chi connectivity index (χ0) is 19.4. The summed E-state index contributed by atoms with van der Waals surface area (Å²) in [5, 5.41) is 2.95. The largest absolute Gasteiger partial charge is 0.356 e. The van der Waals surface area contributed by atoms with Crippen LogP contribution in [0.15, 0.2) is 0 Å². The van der Waals surface area contributed by atoms with Crippen molar-refractivity contribution in [1.82, 2.24) is 10.2 Å². The molecule has 7 nitrogen and oxygen atoms in total. The van der Waals surface area contributed by atoms with Gasteiger partial charge in [-0.25, -0.2) is 0 Å². The van der Waals surface area contributed by atoms with Gasteiger partial charge < -0.3 is 24.4 Å². The number of hydrogen-bond donors (Lipinski definition) is 1. The molecule has 3 saturated heterocycles. The number of epoxide rings is 2. The molecule has 1 N–H and O–H groups in total. The second kappa shape index (κ2) is 9.58. The van der Waals surface area contributed by atoms with Crippen LogP contribution in [0.3, 0.4) is 0 Å². The van der Waals surface area contributed by atoms with Gasteiger partial charge in [0.1, 0.15) is 18.2 Å². The van der Waals surface area contributed by atoms with E-state index in [-0.39, 0.29) is 36.4 Å². The van der Waals surface area contributed by atoms with E-state index in [9.17, 15) is 9.59 Å². The Morgan fingerprint density at radius 3 is 2.78 bits per heavy atom. The van der Waals surface area contributed by atoms with Crippen molar-refractivity contribution in [2.24, 2.45) is 0 Å². The third kappa shape index (κ3) is 5.16. The maximum Gasteiger partial charge on any atom is 0.252 e. The number of nitrogens with zero attached hydrogens (tertiary/aromatic N) is 1. The van der Waals surface area contributed by atoms with Gasteiger partial charge >= 0.3 is 0 Å². The molecule has 3 unspecified atom stereocenters. The Balaban J connectivity index is 1.55. The maximum atomic E-state index is 13.1. The molecule has 0 aromatic carbocycles. The van der Waals surface area contributed by atoms with Gasteiger partial charge in [0, 0.05) is 19.2 Å². The third-order valence-corrected chi connectivity index (χ3v) is 6.17. The molecule has 0 radical (unpaired) electrons. The van der Waals surface area contributed by atoms with Gasteiger partial charge in [0.25, 0.3) is 5.91 Å². The third-order valence-electron chi connectivity index (χ3n) is 5.53. The van der Waals surface area contributed by atoms with Crippen molar-refractivity contribution in [3.8, 4) is 0 Å². The molecule has 3 aliphatic rings. The van der Waals surface area contributed by atoms with E-state index in [0.717, 1.165) is 31.6 Å². The molecule has 3 rings (SSSR count). The molecule has 0 bridgehead atoms. The predicted octanol–water partition coefficient (Wildman–Crippen LogP) is 1.54. The number of ether oxygens (including phenoxy) is 3. The van der Waals surface area contributed by atoms with Crippen LogP contribution in [0.1, 0.15) is 46.0 Å². The molecule has 2 amide bonds. The fourth-order valence-electron chi connectivity index (χ4n) is 3.89. The number of amides is 2. The average Bonchev–Trinajstić information content (AvgIpc) is 3.58. The SMILES string of the molecule is CCOC1OC1[C@H]1O[C@@H]1C(=O)N[C@@H](CCSC)C(=O)N1CCCCC1CC. The van der Waals surface area contributed by atoms with Gasteiger partial charge in [-0.05, 0) is 51.0 Å². The summed E-state index contributed by atoms with van der Waals surface area (Å²) >= 11 is 1.68. The van der Waals surface area contributed by atoms with Crippen LogP contribution in [0.5, 0.6) is 0 Å². The highest BCUT2D eigenvalue weighted by atomic mass is 32.2. The van der Waals surface area contributed by atoms with Crippen LogP contribution in [-0.2, 0) is 23.8 Å². The van der Waals surface area contributed by atoms with Crippen LogP contribution in [0, 0.1) is 0 Å². The van der Waals surface area contributed by atoms with Crippen LogP contribution in [0.25, 0.3) is 0 Å². The first kappa shape index (κ1) is 20.9. The van der Waals surface area contributed by atoms with E-state index >= 15 is 0 Å². The molecule has 0 aliphatic carbocycles. The van der Waals surface area contributed by atoms with Gasteiger partial charge in [-0.3, -0.25) is 9.59 Å². The van der Waals surface area contributed by atoms with Crippen molar-refractivity contribution in [3.63, 3.8) is 0 Å². The molecular formula is C19H32N2O5S. The minimum absolute atomic E-state index is 0.0519. The Hall–Kier alpha value is -0.830. The van der Waals surface area contributed by atoms with Gasteiger partial charge in [-0.15, -0.1) is 0 Å². The highest BCUT2D eigenvalue weighted by Crippen LogP contribution is 2.39. The van der Waals surface area contributed by atoms with Crippen LogP contribution in [0.2, 0.25) is 0 Å². The molecule has 27 heavy (non-hydrogen) atoms. The zero-order valence-corrected chi connectivity index (χ0v) is 17.3. The smallest absolute Gasteiger partial charge is 0.252 e. The van der Waals surface area contributed by atoms with Crippen molar-refractivity contribution in [3.05, 3.63) is 0 Å². The summed E-state index contributed by atoms with van der Waals surface area (Å²) in [5.74, 6) is 0.667. The van der Waals surface area contributed by atoms with Gasteiger partial charge in [-0.1, -0.05) is 6.92 Å². The molecule has 3 heterocycles. The molecule has 0 aromatic rings. The van der Waals surface area contributed by atoms with Crippen molar-refractivity contribution in [1.29, 1.82) is 0 Å². The standard InChI is InChI=1S/C19H32N2O5S/c1-4-12-8-6-7-10-21(12)18(23)13(9-11-27-3)20-17(22)15-14(25-15)16-19(26-16)24-5-2/h12-16,19H,4-11H2,1-3H3,(H,20,22)/t12?,13-,14-,15-,16?,19?/m0/s1. The summed E-state index contributed by atoms with van der Waals surface area (Å²) in [7, 11) is 0. The van der Waals surface area contributed by atoms with Crippen LogP contribution in [0.4, 0.5) is 0 Å². The van der Waals surface area contributed by atoms with Crippen LogP contribution < -0.4 is 5.32 Å². The van der Waals surface area contributed by atoms with E-state index in [0.29, 0.717) is 13.0 Å². The molecule has 6 atom stereocenters. The predicted molar refractivity (Wildman–Crippen MR) is 104 cm³/mol. The van der Waals surface area contributed by atoms with Gasteiger partial charge in [0.2, 0.25) is 5.91 Å². The number of hydrogen-bond acceptors (Lipinski definition) is 6. The number of nitrogens with one attached hydrogen (secondary N) is 1. The Morgan fingerprint density at radius 2 is 2.07 bits per heavy atom. The van der Waals surface area contributed by atoms with E-state index in [1.165, 1.54) is 6.42 Å². The maximum absolute atomic E-state index is 13.1. The molecule has 3 aliphatic heterocycles. The van der Waals surface area contributed by atoms with Crippen LogP contribution >= 0.6 is 11.8 Å². The van der Waals surface area contributed by atoms with E-state index in [1.807, 2.05) is 18.1 Å². The van der Waals surface area contributed by atoms with E-state index in [1.54, 1.807) is 11.8 Å². The quantitative estimate of drug-likeness (QED) is 0.560. The lowest BCUT2D eigenvalue weighted by Crippen LogP contribution is -2.54. The number of carbonyl (C=O) groups excluding carboxylic acids is 2. The Morgan fingerprint density at radius 1 is 1.26 bits per heavy atom. The Bertz CT molecular complexity index is 534. The van der Waals surface area contributed by atoms with E-state index < -0.39 is 12.1 Å². The normalized spacial score (nSPS) is 33.4. The fraction of sp³-hybridized carbons (Fsp3) is 0.895. The molecule has 0 spiro atoms. The number of carbonyl (C=O) groups is 2. The fourth-order valence-corrected chi connectivity index (χ4v) is 4.36. The summed E-state index contributed by atoms with van der Waals surface area (Å²) < 4.78 is 16.3. The van der Waals surface area contributed by atoms with Crippen molar-refractivity contribution < 1.29 is 23.8 Å². The molecular weight excluding hydrogens is 368 g/mol. The summed E-state index contributed by atoms with van der Waals surface area (Å²) in [4.78, 5) is 27.7. The minimum Gasteiger partial charge on any atom is -0.356 e. The summed E-state index contributed by atoms with van der Waals surface area (Å²) in [6.07, 6.45) is 5.66. The first-order valence-corrected chi connectivity index (χ1v) is 11.5. The van der Waals surface area contributed by atoms with Gasteiger partial charge in [-0.2, -0.15) is 11.8 Å². The second-order valence-electron chi connectivity index (χ2n) is 7.38. The highest BCUT2D eigenvalue weighted by molar-refractivity contribution is 7.98. The lowest BCUT2D eigenvalue weighted by molar-refractivity contribution is -0.140. The second-order valence-corrected chi connectivity index (χ2v) is 8.36. The first-order chi connectivity index (χ1) is 13.1. The zero-order valence-electron chi connectivity index (χ0n) is 16.5. The first-order valence-electron chi connectivity index (χ1n) is 10.1. The number of rotatable bonds is 10. The van der Waals surface area contributed by atoms with Gasteiger partial charge in [0.05, 0.1) is 0 Å². The summed E-state index contributed by atoms with van der Waals surface area (Å²) in [5.41, 5.74) is 0. The molecule has 8 heteroatoms. The van der Waals surface area contributed by atoms with E-state index in [2.05, 4.69) is 12.2 Å². The molecule has 0 saturated carbocycles. The summed E-state index contributed by atoms with van der Waals surface area (Å²) in [6, 6.07) is -0.193. The van der Waals surface area contributed by atoms with Gasteiger partial charge in [0.15, 0.2) is 12.4 Å². The average molecular weight is 401 g/mol. The number of likely N-dealkylation sites (tertiary alicyclic amines) is 1. The van der Waals surface area contributed by atoms with Crippen LogP contribution in [-0.4, -0.2) is 78.6 Å². The monoisotopic (exact) mass is 400 g/mol. The Kier molecular flexibility index (Phi) is 7.42. The molecule has 3 fully saturated rings. The highest BCUT2D eigenvalue weighted by Gasteiger charge is 2.61. The lowest BCUT2D eigenvalue weighted by atomic mass is 9.98. The summed E-state index contributed by atoms with van der Waals surface area (Å²) in [6.45, 7) is 5.39. The topological polar surface area (TPSA) is 83.7 Å². The Labute approximate surface area is 165 Å². The number of piperidine rings is 1. The molecule has 154 valence electrons. The molecule has 0 aromatic heterocycles. The minimum atomic E-state index is -0.534. The van der Waals surface area contributed by atoms with Crippen molar-refractivity contribution >= 4 is 23.6 Å². The number of thioether (sulfide) groups is 1.